The fourth-order valence-corrected chi connectivity index (χ4v) is 8.08. The third-order valence-corrected chi connectivity index (χ3v) is 12.4. The van der Waals surface area contributed by atoms with E-state index in [4.69, 9.17) is 14.2 Å². The Hall–Kier alpha value is -2.77. The molecular formula is C52H99N5O8. The first-order valence-electron chi connectivity index (χ1n) is 26.9. The molecule has 0 spiro atoms. The maximum absolute atomic E-state index is 13.9. The van der Waals surface area contributed by atoms with E-state index in [1.807, 2.05) is 14.7 Å². The summed E-state index contributed by atoms with van der Waals surface area (Å²) in [7, 11) is 0. The van der Waals surface area contributed by atoms with Gasteiger partial charge in [0.2, 0.25) is 11.8 Å². The molecule has 13 heteroatoms. The zero-order chi connectivity index (χ0) is 47.6. The van der Waals surface area contributed by atoms with Gasteiger partial charge in [0.05, 0.1) is 32.9 Å². The monoisotopic (exact) mass is 922 g/mol. The summed E-state index contributed by atoms with van der Waals surface area (Å²) < 4.78 is 16.1. The third kappa shape index (κ3) is 34.2. The van der Waals surface area contributed by atoms with Crippen LogP contribution in [0.1, 0.15) is 202 Å². The summed E-state index contributed by atoms with van der Waals surface area (Å²) in [6, 6.07) is 0. The van der Waals surface area contributed by atoms with E-state index in [9.17, 15) is 24.0 Å². The first kappa shape index (κ1) is 60.2. The second-order valence-electron chi connectivity index (χ2n) is 18.4. The Morgan fingerprint density at radius 1 is 0.338 bits per heavy atom. The van der Waals surface area contributed by atoms with Crippen molar-refractivity contribution in [2.24, 2.45) is 0 Å². The van der Waals surface area contributed by atoms with Crippen molar-refractivity contribution in [2.45, 2.75) is 202 Å². The Kier molecular flexibility index (Phi) is 39.5. The van der Waals surface area contributed by atoms with Gasteiger partial charge in [-0.3, -0.25) is 33.8 Å². The Balaban J connectivity index is 2.87. The van der Waals surface area contributed by atoms with E-state index in [1.54, 1.807) is 0 Å². The van der Waals surface area contributed by atoms with Crippen molar-refractivity contribution in [3.05, 3.63) is 0 Å². The lowest BCUT2D eigenvalue weighted by Crippen LogP contribution is -2.54. The molecule has 1 aliphatic rings. The molecule has 0 atom stereocenters. The van der Waals surface area contributed by atoms with Gasteiger partial charge in [-0.2, -0.15) is 0 Å². The molecule has 0 aromatic rings. The summed E-state index contributed by atoms with van der Waals surface area (Å²) in [6.45, 7) is 20.1. The molecule has 65 heavy (non-hydrogen) atoms. The lowest BCUT2D eigenvalue weighted by molar-refractivity contribution is -0.145. The van der Waals surface area contributed by atoms with Gasteiger partial charge in [-0.1, -0.05) is 131 Å². The maximum Gasteiger partial charge on any atom is 0.305 e. The van der Waals surface area contributed by atoms with Gasteiger partial charge in [0.25, 0.3) is 0 Å². The minimum atomic E-state index is -0.219. The molecule has 0 N–H and O–H groups in total. The van der Waals surface area contributed by atoms with Gasteiger partial charge in [-0.25, -0.2) is 0 Å². The number of hydrogen-bond donors (Lipinski definition) is 0. The molecule has 0 unspecified atom stereocenters. The highest BCUT2D eigenvalue weighted by Crippen LogP contribution is 2.13. The van der Waals surface area contributed by atoms with Crippen LogP contribution in [0.2, 0.25) is 0 Å². The number of nitrogens with zero attached hydrogens (tertiary/aromatic N) is 5. The summed E-state index contributed by atoms with van der Waals surface area (Å²) in [5.41, 5.74) is 0. The molecule has 0 aliphatic carbocycles. The normalized spacial score (nSPS) is 13.0. The quantitative estimate of drug-likeness (QED) is 0.0329. The van der Waals surface area contributed by atoms with Crippen LogP contribution >= 0.6 is 0 Å². The van der Waals surface area contributed by atoms with Gasteiger partial charge in [0, 0.05) is 58.5 Å². The minimum Gasteiger partial charge on any atom is -0.466 e. The highest BCUT2D eigenvalue weighted by atomic mass is 16.5. The molecule has 380 valence electrons. The molecular weight excluding hydrogens is 823 g/mol. The fraction of sp³-hybridized carbons (Fsp3) is 0.904. The van der Waals surface area contributed by atoms with Crippen LogP contribution in [0.15, 0.2) is 0 Å². The molecule has 2 amide bonds. The van der Waals surface area contributed by atoms with Gasteiger partial charge >= 0.3 is 17.9 Å². The van der Waals surface area contributed by atoms with Crippen LogP contribution in [-0.2, 0) is 38.2 Å². The van der Waals surface area contributed by atoms with Gasteiger partial charge in [-0.15, -0.1) is 0 Å². The predicted octanol–water partition coefficient (Wildman–Crippen LogP) is 9.43. The van der Waals surface area contributed by atoms with Gasteiger partial charge < -0.3 is 28.9 Å². The third-order valence-electron chi connectivity index (χ3n) is 12.4. The summed E-state index contributed by atoms with van der Waals surface area (Å²) in [5, 5.41) is 0. The lowest BCUT2D eigenvalue weighted by atomic mass is 10.1. The zero-order valence-electron chi connectivity index (χ0n) is 42.7. The van der Waals surface area contributed by atoms with Gasteiger partial charge in [0.15, 0.2) is 0 Å². The van der Waals surface area contributed by atoms with Crippen molar-refractivity contribution in [2.75, 3.05) is 105 Å². The predicted molar refractivity (Wildman–Crippen MR) is 264 cm³/mol. The minimum absolute atomic E-state index is 0.00368. The van der Waals surface area contributed by atoms with E-state index in [0.29, 0.717) is 84.9 Å². The smallest absolute Gasteiger partial charge is 0.305 e. The summed E-state index contributed by atoms with van der Waals surface area (Å²) in [5.74, 6) is -0.420. The fourth-order valence-electron chi connectivity index (χ4n) is 8.08. The summed E-state index contributed by atoms with van der Waals surface area (Å²) in [4.78, 5) is 75.2. The Morgan fingerprint density at radius 3 is 0.985 bits per heavy atom. The SMILES string of the molecule is CCCCCCCCCN(CCCC(=O)OCCCC)CCN(CCCCCCCCC)CC(=O)N1CCN(C(=O)CN(CCCC(=O)OCCCC)CCCC(=O)OCCCC)CC1. The van der Waals surface area contributed by atoms with Crippen LogP contribution in [0.3, 0.4) is 0 Å². The number of rotatable bonds is 44. The van der Waals surface area contributed by atoms with E-state index in [1.165, 1.54) is 77.0 Å². The summed E-state index contributed by atoms with van der Waals surface area (Å²) >= 11 is 0. The number of esters is 3. The van der Waals surface area contributed by atoms with Crippen molar-refractivity contribution >= 4 is 29.7 Å². The van der Waals surface area contributed by atoms with E-state index >= 15 is 0 Å². The Morgan fingerprint density at radius 2 is 0.615 bits per heavy atom. The second kappa shape index (κ2) is 42.6. The highest BCUT2D eigenvalue weighted by Gasteiger charge is 2.27. The molecule has 1 heterocycles. The molecule has 0 saturated carbocycles. The van der Waals surface area contributed by atoms with E-state index < -0.39 is 0 Å². The van der Waals surface area contributed by atoms with Gasteiger partial charge in [0.1, 0.15) is 0 Å². The molecule has 13 nitrogen and oxygen atoms in total. The van der Waals surface area contributed by atoms with Crippen molar-refractivity contribution in [3.63, 3.8) is 0 Å². The van der Waals surface area contributed by atoms with Crippen LogP contribution < -0.4 is 0 Å². The largest absolute Gasteiger partial charge is 0.466 e. The molecule has 0 aromatic carbocycles. The number of ether oxygens (including phenoxy) is 3. The number of amides is 2. The van der Waals surface area contributed by atoms with Crippen LogP contribution in [0.25, 0.3) is 0 Å². The molecule has 1 rings (SSSR count). The standard InChI is InChI=1S/C52H99N5O8/c1-6-11-16-18-20-22-24-32-53(34-26-29-50(60)63-43-13-8-3)37-38-55(33-25-23-21-19-17-12-7-2)47-49(59)57-41-39-56(40-42-57)48(58)46-54(35-27-30-51(61)64-44-14-9-4)36-28-31-52(62)65-45-15-10-5/h6-47H2,1-5H3. The molecule has 0 aromatic heterocycles. The average Bonchev–Trinajstić information content (AvgIpc) is 3.29. The lowest BCUT2D eigenvalue weighted by Gasteiger charge is -2.37. The number of carbonyl (C=O) groups excluding carboxylic acids is 5. The van der Waals surface area contributed by atoms with Crippen LogP contribution in [0.5, 0.6) is 0 Å². The first-order valence-corrected chi connectivity index (χ1v) is 26.9. The van der Waals surface area contributed by atoms with Crippen LogP contribution in [0, 0.1) is 0 Å². The number of piperazine rings is 1. The van der Waals surface area contributed by atoms with Crippen molar-refractivity contribution < 1.29 is 38.2 Å². The Bertz CT molecular complexity index is 1170. The van der Waals surface area contributed by atoms with E-state index in [0.717, 1.165) is 90.5 Å². The maximum atomic E-state index is 13.9. The highest BCUT2D eigenvalue weighted by molar-refractivity contribution is 5.80. The molecule has 0 radical (unpaired) electrons. The van der Waals surface area contributed by atoms with Crippen molar-refractivity contribution in [1.82, 2.24) is 24.5 Å². The van der Waals surface area contributed by atoms with Crippen molar-refractivity contribution in [1.29, 1.82) is 0 Å². The molecule has 1 aliphatic heterocycles. The first-order chi connectivity index (χ1) is 31.7. The molecule has 1 fully saturated rings. The van der Waals surface area contributed by atoms with E-state index in [-0.39, 0.29) is 49.1 Å². The second-order valence-corrected chi connectivity index (χ2v) is 18.4. The zero-order valence-corrected chi connectivity index (χ0v) is 42.7. The van der Waals surface area contributed by atoms with Crippen molar-refractivity contribution in [3.8, 4) is 0 Å². The number of hydrogen-bond acceptors (Lipinski definition) is 11. The number of unbranched alkanes of at least 4 members (excludes halogenated alkanes) is 15. The van der Waals surface area contributed by atoms with Crippen LogP contribution in [-0.4, -0.2) is 159 Å². The number of carbonyl (C=O) groups is 5. The molecule has 0 bridgehead atoms. The molecule has 1 saturated heterocycles. The van der Waals surface area contributed by atoms with Gasteiger partial charge in [-0.05, 0) is 84.1 Å². The van der Waals surface area contributed by atoms with E-state index in [2.05, 4.69) is 44.4 Å². The average molecular weight is 922 g/mol. The summed E-state index contributed by atoms with van der Waals surface area (Å²) in [6.07, 6.45) is 25.8. The van der Waals surface area contributed by atoms with Crippen LogP contribution in [0.4, 0.5) is 0 Å². The topological polar surface area (TPSA) is 129 Å². The Labute approximate surface area is 397 Å².